The van der Waals surface area contributed by atoms with E-state index >= 15 is 0 Å². The van der Waals surface area contributed by atoms with Gasteiger partial charge in [-0.2, -0.15) is 0 Å². The average Bonchev–Trinajstić information content (AvgIpc) is 2.96. The van der Waals surface area contributed by atoms with Crippen LogP contribution in [0.4, 0.5) is 5.69 Å². The van der Waals surface area contributed by atoms with E-state index < -0.39 is 0 Å². The quantitative estimate of drug-likeness (QED) is 0.707. The van der Waals surface area contributed by atoms with Gasteiger partial charge in [-0.3, -0.25) is 19.4 Å². The summed E-state index contributed by atoms with van der Waals surface area (Å²) in [4.78, 5) is 42.5. The number of carbonyl (C=O) groups excluding carboxylic acids is 3. The van der Waals surface area contributed by atoms with E-state index in [9.17, 15) is 14.4 Å². The van der Waals surface area contributed by atoms with Crippen molar-refractivity contribution in [3.05, 3.63) is 59.9 Å². The average molecular weight is 394 g/mol. The molecule has 1 aromatic carbocycles. The molecule has 1 fully saturated rings. The Morgan fingerprint density at radius 2 is 1.90 bits per heavy atom. The molecule has 2 N–H and O–H groups in total. The minimum atomic E-state index is -0.280. The Morgan fingerprint density at radius 1 is 1.03 bits per heavy atom. The van der Waals surface area contributed by atoms with Crippen LogP contribution in [0.15, 0.2) is 48.8 Å². The van der Waals surface area contributed by atoms with Crippen molar-refractivity contribution in [1.82, 2.24) is 15.2 Å². The molecule has 0 radical (unpaired) electrons. The van der Waals surface area contributed by atoms with E-state index in [2.05, 4.69) is 15.6 Å². The molecule has 2 heterocycles. The first-order valence-corrected chi connectivity index (χ1v) is 10.0. The Hall–Kier alpha value is -3.22. The Bertz CT molecular complexity index is 854. The van der Waals surface area contributed by atoms with Crippen molar-refractivity contribution in [2.24, 2.45) is 0 Å². The van der Waals surface area contributed by atoms with Crippen LogP contribution in [-0.2, 0) is 4.79 Å². The van der Waals surface area contributed by atoms with Gasteiger partial charge in [0.2, 0.25) is 5.91 Å². The fraction of sp³-hybridized carbons (Fsp3) is 0.364. The number of amides is 3. The van der Waals surface area contributed by atoms with E-state index in [-0.39, 0.29) is 17.7 Å². The van der Waals surface area contributed by atoms with Crippen LogP contribution in [0.5, 0.6) is 0 Å². The molecule has 1 aliphatic rings. The second-order valence-electron chi connectivity index (χ2n) is 7.08. The minimum Gasteiger partial charge on any atom is -0.352 e. The van der Waals surface area contributed by atoms with Crippen molar-refractivity contribution in [3.8, 4) is 0 Å². The van der Waals surface area contributed by atoms with Crippen LogP contribution in [0.25, 0.3) is 0 Å². The lowest BCUT2D eigenvalue weighted by Crippen LogP contribution is -2.34. The van der Waals surface area contributed by atoms with Gasteiger partial charge in [-0.05, 0) is 49.6 Å². The SMILES string of the molecule is O=C(NCCCN1CCCCCC1=O)c1cccc(NC(=O)c2cccnc2)c1. The first-order valence-electron chi connectivity index (χ1n) is 10.0. The van der Waals surface area contributed by atoms with E-state index in [1.54, 1.807) is 42.6 Å². The van der Waals surface area contributed by atoms with Crippen LogP contribution in [0.1, 0.15) is 52.8 Å². The highest BCUT2D eigenvalue weighted by molar-refractivity contribution is 6.04. The monoisotopic (exact) mass is 394 g/mol. The van der Waals surface area contributed by atoms with Gasteiger partial charge in [0.15, 0.2) is 0 Å². The molecule has 0 saturated carbocycles. The minimum absolute atomic E-state index is 0.204. The van der Waals surface area contributed by atoms with Gasteiger partial charge >= 0.3 is 0 Å². The lowest BCUT2D eigenvalue weighted by molar-refractivity contribution is -0.130. The molecule has 7 heteroatoms. The standard InChI is InChI=1S/C22H26N4O3/c27-20-10-2-1-3-13-26(20)14-6-12-24-21(28)17-7-4-9-19(15-17)25-22(29)18-8-5-11-23-16-18/h4-5,7-9,11,15-16H,1-3,6,10,12-14H2,(H,24,28)(H,25,29). The van der Waals surface area contributed by atoms with Crippen LogP contribution in [0.3, 0.4) is 0 Å². The van der Waals surface area contributed by atoms with Crippen molar-refractivity contribution >= 4 is 23.4 Å². The Morgan fingerprint density at radius 3 is 2.72 bits per heavy atom. The van der Waals surface area contributed by atoms with Crippen molar-refractivity contribution in [2.75, 3.05) is 25.0 Å². The van der Waals surface area contributed by atoms with Crippen molar-refractivity contribution in [3.63, 3.8) is 0 Å². The number of rotatable bonds is 7. The maximum atomic E-state index is 12.4. The molecule has 3 rings (SSSR count). The number of likely N-dealkylation sites (tertiary alicyclic amines) is 1. The highest BCUT2D eigenvalue weighted by atomic mass is 16.2. The molecule has 0 bridgehead atoms. The number of nitrogens with zero attached hydrogens (tertiary/aromatic N) is 2. The number of anilines is 1. The number of hydrogen-bond donors (Lipinski definition) is 2. The van der Waals surface area contributed by atoms with Crippen LogP contribution < -0.4 is 10.6 Å². The summed E-state index contributed by atoms with van der Waals surface area (Å²) < 4.78 is 0. The second kappa shape index (κ2) is 10.4. The van der Waals surface area contributed by atoms with E-state index in [0.29, 0.717) is 36.3 Å². The molecule has 29 heavy (non-hydrogen) atoms. The number of carbonyl (C=O) groups is 3. The molecule has 0 unspecified atom stereocenters. The first kappa shape index (κ1) is 20.5. The summed E-state index contributed by atoms with van der Waals surface area (Å²) in [6.07, 6.45) is 7.56. The Balaban J connectivity index is 1.47. The molecule has 1 aliphatic heterocycles. The highest BCUT2D eigenvalue weighted by Gasteiger charge is 2.16. The predicted molar refractivity (Wildman–Crippen MR) is 111 cm³/mol. The fourth-order valence-corrected chi connectivity index (χ4v) is 3.29. The normalized spacial score (nSPS) is 14.2. The number of nitrogens with one attached hydrogen (secondary N) is 2. The van der Waals surface area contributed by atoms with Gasteiger partial charge in [0.05, 0.1) is 5.56 Å². The number of benzene rings is 1. The van der Waals surface area contributed by atoms with Crippen LogP contribution in [0, 0.1) is 0 Å². The number of pyridine rings is 1. The third kappa shape index (κ3) is 6.14. The predicted octanol–water partition coefficient (Wildman–Crippen LogP) is 2.86. The first-order chi connectivity index (χ1) is 14.1. The zero-order valence-electron chi connectivity index (χ0n) is 16.4. The summed E-state index contributed by atoms with van der Waals surface area (Å²) in [5, 5.41) is 5.65. The molecular weight excluding hydrogens is 368 g/mol. The zero-order valence-corrected chi connectivity index (χ0v) is 16.4. The van der Waals surface area contributed by atoms with Crippen molar-refractivity contribution < 1.29 is 14.4 Å². The summed E-state index contributed by atoms with van der Waals surface area (Å²) in [5.41, 5.74) is 1.46. The van der Waals surface area contributed by atoms with Gasteiger partial charge in [-0.15, -0.1) is 0 Å². The van der Waals surface area contributed by atoms with E-state index in [0.717, 1.165) is 32.2 Å². The second-order valence-corrected chi connectivity index (χ2v) is 7.08. The maximum absolute atomic E-state index is 12.4. The van der Waals surface area contributed by atoms with E-state index in [1.807, 2.05) is 4.90 Å². The molecule has 0 spiro atoms. The Kier molecular flexibility index (Phi) is 7.33. The lowest BCUT2D eigenvalue weighted by Gasteiger charge is -2.20. The maximum Gasteiger partial charge on any atom is 0.257 e. The van der Waals surface area contributed by atoms with Crippen molar-refractivity contribution in [1.29, 1.82) is 0 Å². The third-order valence-corrected chi connectivity index (χ3v) is 4.87. The number of aromatic nitrogens is 1. The lowest BCUT2D eigenvalue weighted by atomic mass is 10.1. The summed E-state index contributed by atoms with van der Waals surface area (Å²) >= 11 is 0. The van der Waals surface area contributed by atoms with Crippen LogP contribution >= 0.6 is 0 Å². The van der Waals surface area contributed by atoms with Crippen LogP contribution in [0.2, 0.25) is 0 Å². The topological polar surface area (TPSA) is 91.4 Å². The fourth-order valence-electron chi connectivity index (χ4n) is 3.29. The summed E-state index contributed by atoms with van der Waals surface area (Å²) in [6.45, 7) is 1.97. The molecule has 0 aliphatic carbocycles. The van der Waals surface area contributed by atoms with Crippen molar-refractivity contribution in [2.45, 2.75) is 32.1 Å². The van der Waals surface area contributed by atoms with Gasteiger partial charge < -0.3 is 15.5 Å². The molecular formula is C22H26N4O3. The molecule has 3 amide bonds. The molecule has 1 saturated heterocycles. The van der Waals surface area contributed by atoms with Gasteiger partial charge in [0.1, 0.15) is 0 Å². The Labute approximate surface area is 170 Å². The van der Waals surface area contributed by atoms with Gasteiger partial charge in [0.25, 0.3) is 11.8 Å². The van der Waals surface area contributed by atoms with Gasteiger partial charge in [-0.1, -0.05) is 12.5 Å². The molecule has 0 atom stereocenters. The van der Waals surface area contributed by atoms with Gasteiger partial charge in [-0.25, -0.2) is 0 Å². The molecule has 2 aromatic rings. The van der Waals surface area contributed by atoms with Crippen LogP contribution in [-0.4, -0.2) is 47.2 Å². The molecule has 152 valence electrons. The smallest absolute Gasteiger partial charge is 0.257 e. The highest BCUT2D eigenvalue weighted by Crippen LogP contribution is 2.13. The van der Waals surface area contributed by atoms with Gasteiger partial charge in [0, 0.05) is 49.7 Å². The number of hydrogen-bond acceptors (Lipinski definition) is 4. The summed E-state index contributed by atoms with van der Waals surface area (Å²) in [5.74, 6) is -0.270. The largest absolute Gasteiger partial charge is 0.352 e. The summed E-state index contributed by atoms with van der Waals surface area (Å²) in [7, 11) is 0. The van der Waals surface area contributed by atoms with E-state index in [1.165, 1.54) is 6.20 Å². The van der Waals surface area contributed by atoms with E-state index in [4.69, 9.17) is 0 Å². The molecule has 7 nitrogen and oxygen atoms in total. The zero-order chi connectivity index (χ0) is 20.5. The summed E-state index contributed by atoms with van der Waals surface area (Å²) in [6, 6.07) is 10.2. The third-order valence-electron chi connectivity index (χ3n) is 4.87. The molecule has 1 aromatic heterocycles.